The third-order valence-corrected chi connectivity index (χ3v) is 1.97. The van der Waals surface area contributed by atoms with Crippen molar-refractivity contribution in [3.63, 3.8) is 0 Å². The number of aliphatic hydroxyl groups excluding tert-OH is 1. The summed E-state index contributed by atoms with van der Waals surface area (Å²) in [5.74, 6) is 1.62. The van der Waals surface area contributed by atoms with Crippen LogP contribution < -0.4 is 0 Å². The van der Waals surface area contributed by atoms with Gasteiger partial charge in [-0.25, -0.2) is 0 Å². The molecule has 0 radical (unpaired) electrons. The lowest BCUT2D eigenvalue weighted by Gasteiger charge is -2.11. The number of aliphatic hydroxyl groups is 1. The Balaban J connectivity index is 3.31. The molecule has 0 rings (SSSR count). The molecule has 0 aromatic rings. The maximum Gasteiger partial charge on any atom is 0.0612 e. The summed E-state index contributed by atoms with van der Waals surface area (Å²) in [4.78, 5) is 0. The molecule has 1 unspecified atom stereocenters. The van der Waals surface area contributed by atoms with Gasteiger partial charge in [0.25, 0.3) is 0 Å². The standard InChI is InChI=1S/C11H22O/c1-10(2)9-11(3)7-5-4-6-8-12/h4,6,10-12H,5,7-9H2,1-3H3. The van der Waals surface area contributed by atoms with Gasteiger partial charge in [0.15, 0.2) is 0 Å². The Bertz CT molecular complexity index is 116. The normalized spacial score (nSPS) is 14.4. The highest BCUT2D eigenvalue weighted by molar-refractivity contribution is 4.81. The number of rotatable bonds is 6. The topological polar surface area (TPSA) is 20.2 Å². The zero-order chi connectivity index (χ0) is 9.40. The van der Waals surface area contributed by atoms with E-state index in [4.69, 9.17) is 5.11 Å². The minimum atomic E-state index is 0.179. The van der Waals surface area contributed by atoms with Crippen molar-refractivity contribution < 1.29 is 5.11 Å². The molecule has 0 aromatic heterocycles. The largest absolute Gasteiger partial charge is 0.392 e. The van der Waals surface area contributed by atoms with Gasteiger partial charge in [-0.1, -0.05) is 32.9 Å². The van der Waals surface area contributed by atoms with Gasteiger partial charge in [-0.3, -0.25) is 0 Å². The summed E-state index contributed by atoms with van der Waals surface area (Å²) in [5, 5.41) is 8.49. The molecule has 1 N–H and O–H groups in total. The van der Waals surface area contributed by atoms with Crippen LogP contribution in [0.3, 0.4) is 0 Å². The smallest absolute Gasteiger partial charge is 0.0612 e. The Labute approximate surface area is 76.5 Å². The van der Waals surface area contributed by atoms with Crippen LogP contribution >= 0.6 is 0 Å². The average Bonchev–Trinajstić information content (AvgIpc) is 1.97. The minimum Gasteiger partial charge on any atom is -0.392 e. The van der Waals surface area contributed by atoms with Crippen LogP contribution in [0.25, 0.3) is 0 Å². The first kappa shape index (κ1) is 11.7. The summed E-state index contributed by atoms with van der Waals surface area (Å²) in [7, 11) is 0. The number of allylic oxidation sites excluding steroid dienone is 1. The summed E-state index contributed by atoms with van der Waals surface area (Å²) in [6.45, 7) is 7.01. The molecule has 0 spiro atoms. The molecule has 72 valence electrons. The molecule has 0 aliphatic carbocycles. The van der Waals surface area contributed by atoms with Gasteiger partial charge in [-0.05, 0) is 31.1 Å². The van der Waals surface area contributed by atoms with E-state index in [0.717, 1.165) is 18.3 Å². The second-order valence-corrected chi connectivity index (χ2v) is 3.97. The second kappa shape index (κ2) is 7.35. The first-order valence-electron chi connectivity index (χ1n) is 4.92. The van der Waals surface area contributed by atoms with Crippen LogP contribution in [0.1, 0.15) is 40.0 Å². The third kappa shape index (κ3) is 7.80. The van der Waals surface area contributed by atoms with Crippen molar-refractivity contribution in [2.45, 2.75) is 40.0 Å². The molecule has 12 heavy (non-hydrogen) atoms. The lowest BCUT2D eigenvalue weighted by atomic mass is 9.95. The Kier molecular flexibility index (Phi) is 7.17. The highest BCUT2D eigenvalue weighted by atomic mass is 16.2. The summed E-state index contributed by atoms with van der Waals surface area (Å²) < 4.78 is 0. The molecule has 1 heteroatoms. The number of hydrogen-bond acceptors (Lipinski definition) is 1. The molecular formula is C11H22O. The molecule has 1 nitrogen and oxygen atoms in total. The van der Waals surface area contributed by atoms with E-state index in [1.165, 1.54) is 12.8 Å². The van der Waals surface area contributed by atoms with Crippen LogP contribution in [0.4, 0.5) is 0 Å². The van der Waals surface area contributed by atoms with Gasteiger partial charge in [0.05, 0.1) is 6.61 Å². The predicted octanol–water partition coefficient (Wildman–Crippen LogP) is 3.00. The Morgan fingerprint density at radius 3 is 2.33 bits per heavy atom. The van der Waals surface area contributed by atoms with E-state index in [1.54, 1.807) is 0 Å². The van der Waals surface area contributed by atoms with Crippen molar-refractivity contribution in [1.82, 2.24) is 0 Å². The van der Waals surface area contributed by atoms with Gasteiger partial charge in [0, 0.05) is 0 Å². The molecule has 0 saturated carbocycles. The van der Waals surface area contributed by atoms with Crippen LogP contribution in [0.15, 0.2) is 12.2 Å². The average molecular weight is 170 g/mol. The van der Waals surface area contributed by atoms with Crippen molar-refractivity contribution in [2.24, 2.45) is 11.8 Å². The Hall–Kier alpha value is -0.300. The van der Waals surface area contributed by atoms with E-state index >= 15 is 0 Å². The Morgan fingerprint density at radius 1 is 1.17 bits per heavy atom. The summed E-state index contributed by atoms with van der Waals surface area (Å²) in [6.07, 6.45) is 7.55. The molecule has 1 atom stereocenters. The zero-order valence-electron chi connectivity index (χ0n) is 8.59. The summed E-state index contributed by atoms with van der Waals surface area (Å²) in [5.41, 5.74) is 0. The fraction of sp³-hybridized carbons (Fsp3) is 0.818. The maximum atomic E-state index is 8.49. The molecule has 0 heterocycles. The fourth-order valence-corrected chi connectivity index (χ4v) is 1.50. The van der Waals surface area contributed by atoms with E-state index < -0.39 is 0 Å². The quantitative estimate of drug-likeness (QED) is 0.608. The van der Waals surface area contributed by atoms with Crippen LogP contribution in [0, 0.1) is 11.8 Å². The van der Waals surface area contributed by atoms with Crippen molar-refractivity contribution in [1.29, 1.82) is 0 Å². The van der Waals surface area contributed by atoms with Crippen molar-refractivity contribution >= 4 is 0 Å². The van der Waals surface area contributed by atoms with Gasteiger partial charge < -0.3 is 5.11 Å². The fourth-order valence-electron chi connectivity index (χ4n) is 1.50. The minimum absolute atomic E-state index is 0.179. The van der Waals surface area contributed by atoms with Crippen LogP contribution in [0.2, 0.25) is 0 Å². The monoisotopic (exact) mass is 170 g/mol. The van der Waals surface area contributed by atoms with Crippen LogP contribution in [0.5, 0.6) is 0 Å². The summed E-state index contributed by atoms with van der Waals surface area (Å²) >= 11 is 0. The zero-order valence-corrected chi connectivity index (χ0v) is 8.59. The van der Waals surface area contributed by atoms with Crippen molar-refractivity contribution in [3.8, 4) is 0 Å². The van der Waals surface area contributed by atoms with Gasteiger partial charge in [0.2, 0.25) is 0 Å². The molecule has 0 amide bonds. The molecule has 0 saturated heterocycles. The second-order valence-electron chi connectivity index (χ2n) is 3.97. The van der Waals surface area contributed by atoms with E-state index in [0.29, 0.717) is 0 Å². The lowest BCUT2D eigenvalue weighted by molar-refractivity contribution is 0.342. The maximum absolute atomic E-state index is 8.49. The number of hydrogen-bond donors (Lipinski definition) is 1. The van der Waals surface area contributed by atoms with Crippen LogP contribution in [-0.2, 0) is 0 Å². The SMILES string of the molecule is CC(C)CC(C)CCC=CCO. The van der Waals surface area contributed by atoms with Gasteiger partial charge in [-0.15, -0.1) is 0 Å². The first-order chi connectivity index (χ1) is 5.66. The van der Waals surface area contributed by atoms with E-state index in [2.05, 4.69) is 26.8 Å². The molecule has 0 bridgehead atoms. The van der Waals surface area contributed by atoms with Crippen molar-refractivity contribution in [2.75, 3.05) is 6.61 Å². The lowest BCUT2D eigenvalue weighted by Crippen LogP contribution is -1.99. The van der Waals surface area contributed by atoms with E-state index in [1.807, 2.05) is 6.08 Å². The van der Waals surface area contributed by atoms with Crippen molar-refractivity contribution in [3.05, 3.63) is 12.2 Å². The van der Waals surface area contributed by atoms with Gasteiger partial charge in [0.1, 0.15) is 0 Å². The molecule has 0 fully saturated rings. The first-order valence-corrected chi connectivity index (χ1v) is 4.92. The molecular weight excluding hydrogens is 148 g/mol. The molecule has 0 aliphatic heterocycles. The predicted molar refractivity (Wildman–Crippen MR) is 54.1 cm³/mol. The van der Waals surface area contributed by atoms with E-state index in [9.17, 15) is 0 Å². The van der Waals surface area contributed by atoms with Gasteiger partial charge >= 0.3 is 0 Å². The highest BCUT2D eigenvalue weighted by Gasteiger charge is 2.02. The summed E-state index contributed by atoms with van der Waals surface area (Å²) in [6, 6.07) is 0. The molecule has 0 aromatic carbocycles. The highest BCUT2D eigenvalue weighted by Crippen LogP contribution is 2.16. The Morgan fingerprint density at radius 2 is 1.83 bits per heavy atom. The molecule has 0 aliphatic rings. The van der Waals surface area contributed by atoms with Gasteiger partial charge in [-0.2, -0.15) is 0 Å². The third-order valence-electron chi connectivity index (χ3n) is 1.97. The van der Waals surface area contributed by atoms with E-state index in [-0.39, 0.29) is 6.61 Å². The van der Waals surface area contributed by atoms with Crippen LogP contribution in [-0.4, -0.2) is 11.7 Å².